The quantitative estimate of drug-likeness (QED) is 0.830. The van der Waals surface area contributed by atoms with Crippen molar-refractivity contribution in [1.29, 1.82) is 0 Å². The third kappa shape index (κ3) is 2.49. The molecule has 106 valence electrons. The lowest BCUT2D eigenvalue weighted by Gasteiger charge is -2.15. The Hall–Kier alpha value is -1.28. The lowest BCUT2D eigenvalue weighted by Crippen LogP contribution is -2.03. The van der Waals surface area contributed by atoms with E-state index in [1.165, 1.54) is 42.6 Å². The molecule has 0 unspecified atom stereocenters. The first-order valence-corrected chi connectivity index (χ1v) is 7.91. The molecular weight excluding hydrogens is 268 g/mol. The van der Waals surface area contributed by atoms with E-state index < -0.39 is 0 Å². The second kappa shape index (κ2) is 5.61. The molecule has 1 aliphatic rings. The fraction of sp³-hybridized carbons (Fsp3) is 0.471. The molecule has 1 aliphatic carbocycles. The number of rotatable bonds is 3. The van der Waals surface area contributed by atoms with E-state index in [1.54, 1.807) is 0 Å². The molecule has 0 spiro atoms. The number of nitrogens with zero attached hydrogens (tertiary/aromatic N) is 1. The van der Waals surface area contributed by atoms with Crippen molar-refractivity contribution < 1.29 is 0 Å². The van der Waals surface area contributed by atoms with Crippen LogP contribution in [0.2, 0.25) is 5.02 Å². The van der Waals surface area contributed by atoms with Crippen LogP contribution in [-0.2, 0) is 0 Å². The maximum Gasteiger partial charge on any atom is 0.0912 e. The summed E-state index contributed by atoms with van der Waals surface area (Å²) in [5, 5.41) is 5.37. The average Bonchev–Trinajstić information content (AvgIpc) is 2.93. The van der Waals surface area contributed by atoms with Crippen LogP contribution < -0.4 is 5.32 Å². The molecule has 1 saturated carbocycles. The lowest BCUT2D eigenvalue weighted by atomic mass is 10.0. The van der Waals surface area contributed by atoms with Crippen molar-refractivity contribution in [3.63, 3.8) is 0 Å². The Morgan fingerprint density at radius 2 is 2.00 bits per heavy atom. The van der Waals surface area contributed by atoms with Gasteiger partial charge < -0.3 is 5.32 Å². The van der Waals surface area contributed by atoms with Crippen LogP contribution in [0.25, 0.3) is 10.9 Å². The van der Waals surface area contributed by atoms with Crippen molar-refractivity contribution in [2.45, 2.75) is 45.4 Å². The first-order valence-electron chi connectivity index (χ1n) is 7.53. The summed E-state index contributed by atoms with van der Waals surface area (Å²) >= 11 is 6.42. The molecule has 1 aromatic heterocycles. The molecule has 0 saturated heterocycles. The Kier molecular flexibility index (Phi) is 3.84. The van der Waals surface area contributed by atoms with Crippen molar-refractivity contribution >= 4 is 28.2 Å². The predicted octanol–water partition coefficient (Wildman–Crippen LogP) is 5.29. The van der Waals surface area contributed by atoms with E-state index in [4.69, 9.17) is 16.6 Å². The van der Waals surface area contributed by atoms with Gasteiger partial charge in [0.25, 0.3) is 0 Å². The average molecular weight is 289 g/mol. The van der Waals surface area contributed by atoms with Gasteiger partial charge in [0.1, 0.15) is 0 Å². The monoisotopic (exact) mass is 288 g/mol. The van der Waals surface area contributed by atoms with E-state index in [1.807, 2.05) is 6.07 Å². The number of aromatic nitrogens is 1. The zero-order valence-electron chi connectivity index (χ0n) is 12.2. The SMILES string of the molecule is CCNc1cc(C2CCCC2)nc2c(Cl)cc(C)cc12. The molecule has 0 radical (unpaired) electrons. The summed E-state index contributed by atoms with van der Waals surface area (Å²) in [6.07, 6.45) is 5.16. The van der Waals surface area contributed by atoms with Crippen LogP contribution >= 0.6 is 11.6 Å². The fourth-order valence-electron chi connectivity index (χ4n) is 3.21. The minimum atomic E-state index is 0.606. The van der Waals surface area contributed by atoms with Gasteiger partial charge in [-0.05, 0) is 50.5 Å². The highest BCUT2D eigenvalue weighted by atomic mass is 35.5. The van der Waals surface area contributed by atoms with Gasteiger partial charge in [-0.15, -0.1) is 0 Å². The van der Waals surface area contributed by atoms with Crippen molar-refractivity contribution in [1.82, 2.24) is 4.98 Å². The second-order valence-corrected chi connectivity index (χ2v) is 6.16. The minimum Gasteiger partial charge on any atom is -0.385 e. The minimum absolute atomic E-state index is 0.606. The maximum atomic E-state index is 6.42. The summed E-state index contributed by atoms with van der Waals surface area (Å²) in [4.78, 5) is 4.87. The summed E-state index contributed by atoms with van der Waals surface area (Å²) in [7, 11) is 0. The first kappa shape index (κ1) is 13.7. The van der Waals surface area contributed by atoms with Gasteiger partial charge in [-0.25, -0.2) is 0 Å². The number of hydrogen-bond donors (Lipinski definition) is 1. The van der Waals surface area contributed by atoms with Crippen LogP contribution in [0.1, 0.15) is 49.8 Å². The van der Waals surface area contributed by atoms with Gasteiger partial charge in [0.05, 0.1) is 10.5 Å². The van der Waals surface area contributed by atoms with Crippen LogP contribution in [0.15, 0.2) is 18.2 Å². The molecular formula is C17H21ClN2. The molecule has 0 aliphatic heterocycles. The van der Waals surface area contributed by atoms with E-state index >= 15 is 0 Å². The number of nitrogens with one attached hydrogen (secondary N) is 1. The predicted molar refractivity (Wildman–Crippen MR) is 86.9 cm³/mol. The van der Waals surface area contributed by atoms with E-state index in [0.29, 0.717) is 5.92 Å². The third-order valence-corrected chi connectivity index (χ3v) is 4.46. The fourth-order valence-corrected chi connectivity index (χ4v) is 3.52. The molecule has 0 atom stereocenters. The van der Waals surface area contributed by atoms with Gasteiger partial charge in [0.2, 0.25) is 0 Å². The van der Waals surface area contributed by atoms with Crippen molar-refractivity contribution in [3.8, 4) is 0 Å². The first-order chi connectivity index (χ1) is 9.69. The van der Waals surface area contributed by atoms with Crippen LogP contribution in [0.4, 0.5) is 5.69 Å². The van der Waals surface area contributed by atoms with Crippen molar-refractivity contribution in [2.24, 2.45) is 0 Å². The van der Waals surface area contributed by atoms with Gasteiger partial charge in [-0.1, -0.05) is 24.4 Å². The highest BCUT2D eigenvalue weighted by Gasteiger charge is 2.20. The summed E-state index contributed by atoms with van der Waals surface area (Å²) < 4.78 is 0. The Balaban J connectivity index is 2.19. The maximum absolute atomic E-state index is 6.42. The summed E-state index contributed by atoms with van der Waals surface area (Å²) in [5.41, 5.74) is 4.50. The number of aryl methyl sites for hydroxylation is 1. The normalized spacial score (nSPS) is 15.9. The Morgan fingerprint density at radius 3 is 2.70 bits per heavy atom. The zero-order valence-corrected chi connectivity index (χ0v) is 12.9. The molecule has 0 amide bonds. The zero-order chi connectivity index (χ0) is 14.1. The van der Waals surface area contributed by atoms with Crippen LogP contribution in [0, 0.1) is 6.92 Å². The molecule has 3 heteroatoms. The highest BCUT2D eigenvalue weighted by molar-refractivity contribution is 6.35. The Morgan fingerprint density at radius 1 is 1.25 bits per heavy atom. The molecule has 1 fully saturated rings. The molecule has 20 heavy (non-hydrogen) atoms. The van der Waals surface area contributed by atoms with Crippen molar-refractivity contribution in [2.75, 3.05) is 11.9 Å². The van der Waals surface area contributed by atoms with E-state index in [9.17, 15) is 0 Å². The Labute approximate surface area is 125 Å². The summed E-state index contributed by atoms with van der Waals surface area (Å²) in [6.45, 7) is 5.11. The molecule has 1 N–H and O–H groups in total. The van der Waals surface area contributed by atoms with Gasteiger partial charge in [-0.3, -0.25) is 4.98 Å². The van der Waals surface area contributed by atoms with Crippen LogP contribution in [-0.4, -0.2) is 11.5 Å². The van der Waals surface area contributed by atoms with E-state index in [2.05, 4.69) is 31.3 Å². The van der Waals surface area contributed by atoms with E-state index in [0.717, 1.165) is 22.5 Å². The van der Waals surface area contributed by atoms with Gasteiger partial charge >= 0.3 is 0 Å². The van der Waals surface area contributed by atoms with E-state index in [-0.39, 0.29) is 0 Å². The lowest BCUT2D eigenvalue weighted by molar-refractivity contribution is 0.701. The van der Waals surface area contributed by atoms with Gasteiger partial charge in [-0.2, -0.15) is 0 Å². The summed E-state index contributed by atoms with van der Waals surface area (Å²) in [5.74, 6) is 0.606. The largest absolute Gasteiger partial charge is 0.385 e. The standard InChI is InChI=1S/C17H21ClN2/c1-3-19-16-10-15(12-6-4-5-7-12)20-17-13(16)8-11(2)9-14(17)18/h8-10,12H,3-7H2,1-2H3,(H,19,20). The molecule has 2 nitrogen and oxygen atoms in total. The topological polar surface area (TPSA) is 24.9 Å². The molecule has 2 aromatic rings. The van der Waals surface area contributed by atoms with Gasteiger partial charge in [0.15, 0.2) is 0 Å². The molecule has 1 heterocycles. The number of anilines is 1. The highest BCUT2D eigenvalue weighted by Crippen LogP contribution is 2.37. The summed E-state index contributed by atoms with van der Waals surface area (Å²) in [6, 6.07) is 6.41. The molecule has 3 rings (SSSR count). The Bertz CT molecular complexity index is 630. The van der Waals surface area contributed by atoms with Crippen LogP contribution in [0.5, 0.6) is 0 Å². The second-order valence-electron chi connectivity index (χ2n) is 5.75. The van der Waals surface area contributed by atoms with Crippen molar-refractivity contribution in [3.05, 3.63) is 34.5 Å². The molecule has 1 aromatic carbocycles. The third-order valence-electron chi connectivity index (χ3n) is 4.17. The number of hydrogen-bond acceptors (Lipinski definition) is 2. The van der Waals surface area contributed by atoms with Crippen LogP contribution in [0.3, 0.4) is 0 Å². The number of pyridine rings is 1. The number of benzene rings is 1. The number of fused-ring (bicyclic) bond motifs is 1. The number of halogens is 1. The molecule has 0 bridgehead atoms. The smallest absolute Gasteiger partial charge is 0.0912 e. The van der Waals surface area contributed by atoms with Gasteiger partial charge in [0, 0.05) is 29.2 Å².